The van der Waals surface area contributed by atoms with Gasteiger partial charge in [-0.05, 0) is 43.2 Å². The molecule has 0 aliphatic carbocycles. The lowest BCUT2D eigenvalue weighted by molar-refractivity contribution is -0.119. The van der Waals surface area contributed by atoms with E-state index < -0.39 is 0 Å². The number of carbonyl (C=O) groups is 2. The maximum atomic E-state index is 13.3. The van der Waals surface area contributed by atoms with E-state index in [4.69, 9.17) is 4.74 Å². The molecule has 0 saturated carbocycles. The summed E-state index contributed by atoms with van der Waals surface area (Å²) in [7, 11) is 1.53. The van der Waals surface area contributed by atoms with E-state index in [1.165, 1.54) is 23.8 Å². The summed E-state index contributed by atoms with van der Waals surface area (Å²) in [6.45, 7) is 3.77. The van der Waals surface area contributed by atoms with Crippen LogP contribution in [0.5, 0.6) is 5.75 Å². The van der Waals surface area contributed by atoms with Crippen LogP contribution < -0.4 is 9.64 Å². The van der Waals surface area contributed by atoms with Gasteiger partial charge in [-0.25, -0.2) is 4.90 Å². The monoisotopic (exact) mass is 383 g/mol. The largest absolute Gasteiger partial charge is 0.496 e. The SMILES string of the molecule is COc1ccccc1C1=C(SCCO)C(=O)N(c2cc(C)cc(C)c2)C1=O. The van der Waals surface area contributed by atoms with E-state index in [-0.39, 0.29) is 18.4 Å². The van der Waals surface area contributed by atoms with Crippen LogP contribution in [0, 0.1) is 13.8 Å². The van der Waals surface area contributed by atoms with Gasteiger partial charge >= 0.3 is 0 Å². The third-order valence-electron chi connectivity index (χ3n) is 4.22. The van der Waals surface area contributed by atoms with Gasteiger partial charge in [0.15, 0.2) is 0 Å². The quantitative estimate of drug-likeness (QED) is 0.775. The third-order valence-corrected chi connectivity index (χ3v) is 5.27. The van der Waals surface area contributed by atoms with Crippen molar-refractivity contribution in [1.29, 1.82) is 0 Å². The van der Waals surface area contributed by atoms with Crippen LogP contribution in [0.25, 0.3) is 5.57 Å². The van der Waals surface area contributed by atoms with Gasteiger partial charge in [0, 0.05) is 11.3 Å². The van der Waals surface area contributed by atoms with Gasteiger partial charge < -0.3 is 9.84 Å². The van der Waals surface area contributed by atoms with Gasteiger partial charge in [-0.2, -0.15) is 0 Å². The van der Waals surface area contributed by atoms with Gasteiger partial charge in [-0.1, -0.05) is 24.3 Å². The average molecular weight is 383 g/mol. The second kappa shape index (κ2) is 7.98. The Kier molecular flexibility index (Phi) is 5.68. The number of hydrogen-bond donors (Lipinski definition) is 1. The predicted octanol–water partition coefficient (Wildman–Crippen LogP) is 3.32. The van der Waals surface area contributed by atoms with Crippen molar-refractivity contribution in [3.05, 3.63) is 64.1 Å². The number of rotatable bonds is 6. The molecule has 0 radical (unpaired) electrons. The van der Waals surface area contributed by atoms with Crippen LogP contribution in [0.1, 0.15) is 16.7 Å². The number of aryl methyl sites for hydroxylation is 2. The molecule has 0 fully saturated rings. The van der Waals surface area contributed by atoms with Crippen molar-refractivity contribution >= 4 is 34.8 Å². The minimum atomic E-state index is -0.380. The molecule has 1 heterocycles. The second-order valence-electron chi connectivity index (χ2n) is 6.27. The zero-order chi connectivity index (χ0) is 19.6. The van der Waals surface area contributed by atoms with Crippen LogP contribution in [0.4, 0.5) is 5.69 Å². The van der Waals surface area contributed by atoms with E-state index in [1.54, 1.807) is 18.2 Å². The molecule has 1 aliphatic heterocycles. The number of thioether (sulfide) groups is 1. The maximum Gasteiger partial charge on any atom is 0.272 e. The minimum Gasteiger partial charge on any atom is -0.496 e. The molecule has 1 aliphatic rings. The molecule has 2 amide bonds. The third kappa shape index (κ3) is 3.63. The van der Waals surface area contributed by atoms with Crippen molar-refractivity contribution in [3.8, 4) is 5.75 Å². The number of ether oxygens (including phenoxy) is 1. The smallest absolute Gasteiger partial charge is 0.272 e. The fourth-order valence-electron chi connectivity index (χ4n) is 3.19. The Balaban J connectivity index is 2.14. The van der Waals surface area contributed by atoms with Gasteiger partial charge in [-0.15, -0.1) is 11.8 Å². The number of anilines is 1. The molecule has 3 rings (SSSR count). The summed E-state index contributed by atoms with van der Waals surface area (Å²) < 4.78 is 5.40. The summed E-state index contributed by atoms with van der Waals surface area (Å²) in [5, 5.41) is 9.21. The van der Waals surface area contributed by atoms with Crippen molar-refractivity contribution in [2.75, 3.05) is 24.4 Å². The van der Waals surface area contributed by atoms with E-state index in [9.17, 15) is 14.7 Å². The van der Waals surface area contributed by atoms with Crippen LogP contribution >= 0.6 is 11.8 Å². The van der Waals surface area contributed by atoms with E-state index >= 15 is 0 Å². The number of benzene rings is 2. The van der Waals surface area contributed by atoms with Crippen LogP contribution in [0.15, 0.2) is 47.4 Å². The second-order valence-corrected chi connectivity index (χ2v) is 7.37. The highest BCUT2D eigenvalue weighted by atomic mass is 32.2. The number of aliphatic hydroxyl groups is 1. The number of para-hydroxylation sites is 1. The Hall–Kier alpha value is -2.57. The van der Waals surface area contributed by atoms with E-state index in [2.05, 4.69) is 0 Å². The predicted molar refractivity (Wildman–Crippen MR) is 108 cm³/mol. The zero-order valence-electron chi connectivity index (χ0n) is 15.5. The molecule has 0 spiro atoms. The average Bonchev–Trinajstić information content (AvgIpc) is 2.88. The molecule has 27 heavy (non-hydrogen) atoms. The summed E-state index contributed by atoms with van der Waals surface area (Å²) >= 11 is 1.19. The van der Waals surface area contributed by atoms with Crippen molar-refractivity contribution in [2.45, 2.75) is 13.8 Å². The Morgan fingerprint density at radius 1 is 1.04 bits per heavy atom. The van der Waals surface area contributed by atoms with Crippen molar-refractivity contribution in [1.82, 2.24) is 0 Å². The first kappa shape index (κ1) is 19.2. The van der Waals surface area contributed by atoms with Gasteiger partial charge in [-0.3, -0.25) is 9.59 Å². The summed E-state index contributed by atoms with van der Waals surface area (Å²) in [5.41, 5.74) is 3.39. The summed E-state index contributed by atoms with van der Waals surface area (Å²) in [4.78, 5) is 28.0. The summed E-state index contributed by atoms with van der Waals surface area (Å²) in [6, 6.07) is 12.8. The summed E-state index contributed by atoms with van der Waals surface area (Å²) in [6.07, 6.45) is 0. The van der Waals surface area contributed by atoms with Crippen molar-refractivity contribution in [3.63, 3.8) is 0 Å². The Morgan fingerprint density at radius 2 is 1.70 bits per heavy atom. The molecule has 5 nitrogen and oxygen atoms in total. The lowest BCUT2D eigenvalue weighted by atomic mass is 10.0. The molecular formula is C21H21NO4S. The zero-order valence-corrected chi connectivity index (χ0v) is 16.3. The number of carbonyl (C=O) groups excluding carboxylic acids is 2. The van der Waals surface area contributed by atoms with Gasteiger partial charge in [0.2, 0.25) is 0 Å². The first-order chi connectivity index (χ1) is 13.0. The number of hydrogen-bond acceptors (Lipinski definition) is 5. The normalized spacial score (nSPS) is 14.3. The highest BCUT2D eigenvalue weighted by Crippen LogP contribution is 2.41. The van der Waals surface area contributed by atoms with Gasteiger partial charge in [0.05, 0.1) is 29.9 Å². The Morgan fingerprint density at radius 3 is 2.33 bits per heavy atom. The first-order valence-electron chi connectivity index (χ1n) is 8.56. The van der Waals surface area contributed by atoms with E-state index in [1.807, 2.05) is 38.1 Å². The molecular weight excluding hydrogens is 362 g/mol. The lowest BCUT2D eigenvalue weighted by Gasteiger charge is -2.17. The molecule has 140 valence electrons. The fourth-order valence-corrected chi connectivity index (χ4v) is 4.05. The standard InChI is InChI=1S/C21H21NO4S/c1-13-10-14(2)12-15(11-13)22-20(24)18(19(21(22)25)27-9-8-23)16-6-4-5-7-17(16)26-3/h4-7,10-12,23H,8-9H2,1-3H3. The molecule has 0 bridgehead atoms. The molecule has 1 N–H and O–H groups in total. The molecule has 2 aromatic rings. The number of amides is 2. The van der Waals surface area contributed by atoms with Crippen LogP contribution in [-0.2, 0) is 9.59 Å². The molecule has 6 heteroatoms. The molecule has 0 aromatic heterocycles. The highest BCUT2D eigenvalue weighted by molar-refractivity contribution is 8.04. The topological polar surface area (TPSA) is 66.8 Å². The number of nitrogens with zero attached hydrogens (tertiary/aromatic N) is 1. The molecule has 0 atom stereocenters. The first-order valence-corrected chi connectivity index (χ1v) is 9.55. The Bertz CT molecular complexity index is 915. The van der Waals surface area contributed by atoms with E-state index in [0.29, 0.717) is 33.2 Å². The molecule has 0 saturated heterocycles. The number of methoxy groups -OCH3 is 1. The molecule has 0 unspecified atom stereocenters. The number of imide groups is 1. The van der Waals surface area contributed by atoms with Crippen LogP contribution in [0.2, 0.25) is 0 Å². The van der Waals surface area contributed by atoms with Crippen molar-refractivity contribution < 1.29 is 19.4 Å². The minimum absolute atomic E-state index is 0.0849. The van der Waals surface area contributed by atoms with Crippen LogP contribution in [-0.4, -0.2) is 36.4 Å². The van der Waals surface area contributed by atoms with Gasteiger partial charge in [0.1, 0.15) is 5.75 Å². The van der Waals surface area contributed by atoms with E-state index in [0.717, 1.165) is 11.1 Å². The lowest BCUT2D eigenvalue weighted by Crippen LogP contribution is -2.31. The fraction of sp³-hybridized carbons (Fsp3) is 0.238. The Labute approximate surface area is 162 Å². The molecule has 2 aromatic carbocycles. The number of aliphatic hydroxyl groups excluding tert-OH is 1. The van der Waals surface area contributed by atoms with Crippen molar-refractivity contribution in [2.24, 2.45) is 0 Å². The van der Waals surface area contributed by atoms with Crippen LogP contribution in [0.3, 0.4) is 0 Å². The summed E-state index contributed by atoms with van der Waals surface area (Å²) in [5.74, 6) is 0.102. The maximum absolute atomic E-state index is 13.3. The highest BCUT2D eigenvalue weighted by Gasteiger charge is 2.41. The van der Waals surface area contributed by atoms with Gasteiger partial charge in [0.25, 0.3) is 11.8 Å².